The Balaban J connectivity index is 1.32. The molecule has 0 aliphatic carbocycles. The number of benzene rings is 2. The minimum Gasteiger partial charge on any atom is -0.454 e. The van der Waals surface area contributed by atoms with E-state index in [1.165, 1.54) is 0 Å². The molecule has 152 valence electrons. The van der Waals surface area contributed by atoms with Crippen LogP contribution >= 0.6 is 0 Å². The van der Waals surface area contributed by atoms with Crippen LogP contribution in [0.2, 0.25) is 0 Å². The summed E-state index contributed by atoms with van der Waals surface area (Å²) in [7, 11) is 0. The van der Waals surface area contributed by atoms with Gasteiger partial charge in [0.2, 0.25) is 18.6 Å². The third kappa shape index (κ3) is 4.35. The van der Waals surface area contributed by atoms with Gasteiger partial charge in [0.1, 0.15) is 0 Å². The summed E-state index contributed by atoms with van der Waals surface area (Å²) in [5.74, 6) is 0.743. The minimum atomic E-state index is -0.370. The molecule has 0 saturated carbocycles. The Hall–Kier alpha value is -3.06. The van der Waals surface area contributed by atoms with E-state index in [0.717, 1.165) is 16.8 Å². The van der Waals surface area contributed by atoms with Gasteiger partial charge >= 0.3 is 0 Å². The van der Waals surface area contributed by atoms with Crippen molar-refractivity contribution in [2.24, 2.45) is 5.92 Å². The molecule has 2 amide bonds. The number of anilines is 1. The molecule has 1 unspecified atom stereocenters. The molecule has 2 aromatic rings. The highest BCUT2D eigenvalue weighted by molar-refractivity contribution is 6.00. The average molecular weight is 396 g/mol. The maximum absolute atomic E-state index is 12.6. The molecule has 2 heterocycles. The molecule has 29 heavy (non-hydrogen) atoms. The Bertz CT molecular complexity index is 897. The lowest BCUT2D eigenvalue weighted by atomic mass is 10.1. The van der Waals surface area contributed by atoms with E-state index < -0.39 is 0 Å². The summed E-state index contributed by atoms with van der Waals surface area (Å²) in [4.78, 5) is 26.7. The maximum atomic E-state index is 12.6. The van der Waals surface area contributed by atoms with Gasteiger partial charge in [0, 0.05) is 37.9 Å². The molecule has 0 bridgehead atoms. The monoisotopic (exact) mass is 396 g/mol. The smallest absolute Gasteiger partial charge is 0.231 e. The van der Waals surface area contributed by atoms with E-state index in [1.807, 2.05) is 37.3 Å². The Morgan fingerprint density at radius 3 is 2.69 bits per heavy atom. The zero-order chi connectivity index (χ0) is 20.2. The van der Waals surface area contributed by atoms with E-state index in [1.54, 1.807) is 17.0 Å². The van der Waals surface area contributed by atoms with Gasteiger partial charge in [-0.1, -0.05) is 24.3 Å². The van der Waals surface area contributed by atoms with Crippen molar-refractivity contribution in [1.29, 1.82) is 0 Å². The first-order valence-electron chi connectivity index (χ1n) is 9.77. The standard InChI is InChI=1S/C22H24N2O5/c1-2-27-13-16-5-3-15(4-6-16)11-23-22(26)17-9-21(25)24(12-17)18-7-8-19-20(10-18)29-14-28-19/h3-8,10,17H,2,9,11-14H2,1H3,(H,23,26). The van der Waals surface area contributed by atoms with Crippen molar-refractivity contribution in [1.82, 2.24) is 5.32 Å². The van der Waals surface area contributed by atoms with E-state index in [-0.39, 0.29) is 30.9 Å². The fraction of sp³-hybridized carbons (Fsp3) is 0.364. The predicted octanol–water partition coefficient (Wildman–Crippen LogP) is 2.62. The van der Waals surface area contributed by atoms with Crippen LogP contribution < -0.4 is 19.7 Å². The molecule has 1 fully saturated rings. The van der Waals surface area contributed by atoms with Crippen LogP contribution in [0.15, 0.2) is 42.5 Å². The highest BCUT2D eigenvalue weighted by atomic mass is 16.7. The lowest BCUT2D eigenvalue weighted by Gasteiger charge is -2.17. The molecule has 0 radical (unpaired) electrons. The quantitative estimate of drug-likeness (QED) is 0.779. The summed E-state index contributed by atoms with van der Waals surface area (Å²) >= 11 is 0. The molecule has 4 rings (SSSR count). The minimum absolute atomic E-state index is 0.0655. The Morgan fingerprint density at radius 2 is 1.90 bits per heavy atom. The molecule has 2 aliphatic heterocycles. The van der Waals surface area contributed by atoms with Gasteiger partial charge in [-0.3, -0.25) is 9.59 Å². The van der Waals surface area contributed by atoms with Gasteiger partial charge in [-0.05, 0) is 30.2 Å². The van der Waals surface area contributed by atoms with Gasteiger partial charge in [-0.15, -0.1) is 0 Å². The number of hydrogen-bond donors (Lipinski definition) is 1. The summed E-state index contributed by atoms with van der Waals surface area (Å²) in [6, 6.07) is 13.3. The maximum Gasteiger partial charge on any atom is 0.231 e. The fourth-order valence-corrected chi connectivity index (χ4v) is 3.49. The summed E-state index contributed by atoms with van der Waals surface area (Å²) in [5.41, 5.74) is 2.83. The van der Waals surface area contributed by atoms with Crippen LogP contribution in [0.25, 0.3) is 0 Å². The van der Waals surface area contributed by atoms with Crippen molar-refractivity contribution in [3.8, 4) is 11.5 Å². The number of ether oxygens (including phenoxy) is 3. The fourth-order valence-electron chi connectivity index (χ4n) is 3.49. The van der Waals surface area contributed by atoms with Crippen molar-refractivity contribution in [3.05, 3.63) is 53.6 Å². The molecule has 2 aliphatic rings. The summed E-state index contributed by atoms with van der Waals surface area (Å²) in [6.45, 7) is 4.21. The summed E-state index contributed by atoms with van der Waals surface area (Å²) in [6.07, 6.45) is 0.202. The van der Waals surface area contributed by atoms with E-state index in [9.17, 15) is 9.59 Å². The Labute approximate surface area is 169 Å². The van der Waals surface area contributed by atoms with Gasteiger partial charge in [0.25, 0.3) is 0 Å². The predicted molar refractivity (Wildman–Crippen MR) is 107 cm³/mol. The highest BCUT2D eigenvalue weighted by Gasteiger charge is 2.35. The van der Waals surface area contributed by atoms with E-state index in [2.05, 4.69) is 5.32 Å². The molecule has 7 heteroatoms. The first kappa shape index (κ1) is 19.3. The highest BCUT2D eigenvalue weighted by Crippen LogP contribution is 2.37. The SMILES string of the molecule is CCOCc1ccc(CNC(=O)C2CC(=O)N(c3ccc4c(c3)OCO4)C2)cc1. The molecule has 1 N–H and O–H groups in total. The number of hydrogen-bond acceptors (Lipinski definition) is 5. The molecule has 1 saturated heterocycles. The van der Waals surface area contributed by atoms with Crippen LogP contribution in [0.5, 0.6) is 11.5 Å². The second-order valence-corrected chi connectivity index (χ2v) is 7.11. The third-order valence-corrected chi connectivity index (χ3v) is 5.13. The Morgan fingerprint density at radius 1 is 1.14 bits per heavy atom. The van der Waals surface area contributed by atoms with Gasteiger partial charge in [0.05, 0.1) is 12.5 Å². The number of carbonyl (C=O) groups excluding carboxylic acids is 2. The molecular weight excluding hydrogens is 372 g/mol. The zero-order valence-corrected chi connectivity index (χ0v) is 16.3. The van der Waals surface area contributed by atoms with Crippen LogP contribution in [-0.2, 0) is 27.5 Å². The van der Waals surface area contributed by atoms with E-state index in [0.29, 0.717) is 37.8 Å². The van der Waals surface area contributed by atoms with Gasteiger partial charge < -0.3 is 24.4 Å². The molecular formula is C22H24N2O5. The van der Waals surface area contributed by atoms with Crippen molar-refractivity contribution in [2.45, 2.75) is 26.5 Å². The second-order valence-electron chi connectivity index (χ2n) is 7.11. The molecule has 2 aromatic carbocycles. The van der Waals surface area contributed by atoms with Gasteiger partial charge in [0.15, 0.2) is 11.5 Å². The van der Waals surface area contributed by atoms with E-state index >= 15 is 0 Å². The van der Waals surface area contributed by atoms with Crippen molar-refractivity contribution >= 4 is 17.5 Å². The van der Waals surface area contributed by atoms with Crippen molar-refractivity contribution < 1.29 is 23.8 Å². The first-order chi connectivity index (χ1) is 14.1. The van der Waals surface area contributed by atoms with Crippen LogP contribution in [0, 0.1) is 5.92 Å². The average Bonchev–Trinajstić information content (AvgIpc) is 3.37. The number of fused-ring (bicyclic) bond motifs is 1. The number of nitrogens with zero attached hydrogens (tertiary/aromatic N) is 1. The Kier molecular flexibility index (Phi) is 5.67. The normalized spacial score (nSPS) is 17.6. The van der Waals surface area contributed by atoms with Crippen molar-refractivity contribution in [2.75, 3.05) is 24.8 Å². The molecule has 7 nitrogen and oxygen atoms in total. The van der Waals surface area contributed by atoms with Gasteiger partial charge in [-0.2, -0.15) is 0 Å². The van der Waals surface area contributed by atoms with Gasteiger partial charge in [-0.25, -0.2) is 0 Å². The van der Waals surface area contributed by atoms with Crippen LogP contribution in [-0.4, -0.2) is 31.8 Å². The molecule has 0 spiro atoms. The second kappa shape index (κ2) is 8.53. The molecule has 1 atom stereocenters. The van der Waals surface area contributed by atoms with Crippen LogP contribution in [0.1, 0.15) is 24.5 Å². The van der Waals surface area contributed by atoms with Crippen molar-refractivity contribution in [3.63, 3.8) is 0 Å². The summed E-state index contributed by atoms with van der Waals surface area (Å²) < 4.78 is 16.1. The number of nitrogens with one attached hydrogen (secondary N) is 1. The number of amides is 2. The van der Waals surface area contributed by atoms with Crippen LogP contribution in [0.3, 0.4) is 0 Å². The largest absolute Gasteiger partial charge is 0.454 e. The summed E-state index contributed by atoms with van der Waals surface area (Å²) in [5, 5.41) is 2.94. The van der Waals surface area contributed by atoms with Crippen LogP contribution in [0.4, 0.5) is 5.69 Å². The lowest BCUT2D eigenvalue weighted by molar-refractivity contribution is -0.126. The first-order valence-corrected chi connectivity index (χ1v) is 9.77. The number of rotatable bonds is 7. The molecule has 0 aromatic heterocycles. The lowest BCUT2D eigenvalue weighted by Crippen LogP contribution is -2.32. The zero-order valence-electron chi connectivity index (χ0n) is 16.3. The number of carbonyl (C=O) groups is 2. The van der Waals surface area contributed by atoms with E-state index in [4.69, 9.17) is 14.2 Å². The topological polar surface area (TPSA) is 77.1 Å². The third-order valence-electron chi connectivity index (χ3n) is 5.13.